The van der Waals surface area contributed by atoms with Gasteiger partial charge in [0.05, 0.1) is 17.8 Å². The maximum Gasteiger partial charge on any atom is 0.258 e. The Hall–Kier alpha value is -1.70. The van der Waals surface area contributed by atoms with Crippen molar-refractivity contribution in [1.82, 2.24) is 14.5 Å². The van der Waals surface area contributed by atoms with Crippen LogP contribution in [-0.2, 0) is 16.6 Å². The molecule has 0 unspecified atom stereocenters. The molecule has 1 heterocycles. The van der Waals surface area contributed by atoms with Gasteiger partial charge in [0, 0.05) is 6.54 Å². The van der Waals surface area contributed by atoms with Crippen molar-refractivity contribution in [1.29, 1.82) is 0 Å². The maximum atomic E-state index is 12.9. The lowest BCUT2D eigenvalue weighted by Crippen LogP contribution is -2.41. The van der Waals surface area contributed by atoms with Gasteiger partial charge in [0.15, 0.2) is 5.03 Å². The summed E-state index contributed by atoms with van der Waals surface area (Å²) in [6, 6.07) is 10.8. The molecule has 1 aromatic heterocycles. The molecule has 24 heavy (non-hydrogen) atoms. The Bertz CT molecular complexity index is 796. The molecule has 1 fully saturated rings. The molecule has 0 spiro atoms. The molecule has 130 valence electrons. The molecule has 0 bridgehead atoms. The van der Waals surface area contributed by atoms with Gasteiger partial charge in [-0.05, 0) is 44.2 Å². The summed E-state index contributed by atoms with van der Waals surface area (Å²) in [6.45, 7) is 4.13. The quantitative estimate of drug-likeness (QED) is 0.835. The fourth-order valence-corrected chi connectivity index (χ4v) is 4.75. The number of aryl methyl sites for hydroxylation is 2. The van der Waals surface area contributed by atoms with E-state index < -0.39 is 10.0 Å². The molecule has 0 aliphatic heterocycles. The third kappa shape index (κ3) is 3.38. The molecule has 1 saturated carbocycles. The van der Waals surface area contributed by atoms with Gasteiger partial charge in [-0.3, -0.25) is 4.68 Å². The lowest BCUT2D eigenvalue weighted by Gasteiger charge is -2.38. The minimum absolute atomic E-state index is 0.0938. The van der Waals surface area contributed by atoms with Crippen molar-refractivity contribution < 1.29 is 13.5 Å². The number of hydrogen-bond donors (Lipinski definition) is 2. The Morgan fingerprint density at radius 2 is 2.00 bits per heavy atom. The third-order valence-electron chi connectivity index (χ3n) is 4.50. The molecular formula is C17H23N3O3S. The van der Waals surface area contributed by atoms with E-state index in [4.69, 9.17) is 0 Å². The van der Waals surface area contributed by atoms with Crippen LogP contribution >= 0.6 is 0 Å². The highest BCUT2D eigenvalue weighted by Crippen LogP contribution is 2.38. The second-order valence-corrected chi connectivity index (χ2v) is 8.00. The van der Waals surface area contributed by atoms with Gasteiger partial charge >= 0.3 is 0 Å². The van der Waals surface area contributed by atoms with Gasteiger partial charge in [-0.1, -0.05) is 30.3 Å². The number of sulfonamides is 1. The molecule has 3 rings (SSSR count). The summed E-state index contributed by atoms with van der Waals surface area (Å²) in [5, 5.41) is 14.0. The fourth-order valence-electron chi connectivity index (χ4n) is 3.19. The van der Waals surface area contributed by atoms with Crippen LogP contribution in [0.5, 0.6) is 0 Å². The highest BCUT2D eigenvalue weighted by molar-refractivity contribution is 7.89. The van der Waals surface area contributed by atoms with Crippen LogP contribution in [0.2, 0.25) is 0 Å². The second kappa shape index (κ2) is 6.66. The van der Waals surface area contributed by atoms with E-state index in [9.17, 15) is 13.5 Å². The van der Waals surface area contributed by atoms with Crippen LogP contribution in [0.1, 0.15) is 37.1 Å². The second-order valence-electron chi connectivity index (χ2n) is 6.33. The van der Waals surface area contributed by atoms with Gasteiger partial charge in [0.2, 0.25) is 0 Å². The molecule has 2 aromatic rings. The van der Waals surface area contributed by atoms with E-state index in [0.717, 1.165) is 5.56 Å². The summed E-state index contributed by atoms with van der Waals surface area (Å²) in [7, 11) is -3.70. The monoisotopic (exact) mass is 349 g/mol. The molecule has 0 amide bonds. The molecule has 0 saturated heterocycles. The minimum Gasteiger partial charge on any atom is -0.393 e. The Kier molecular flexibility index (Phi) is 4.76. The van der Waals surface area contributed by atoms with Gasteiger partial charge in [-0.15, -0.1) is 0 Å². The smallest absolute Gasteiger partial charge is 0.258 e. The van der Waals surface area contributed by atoms with Crippen molar-refractivity contribution in [2.24, 2.45) is 5.92 Å². The fraction of sp³-hybridized carbons (Fsp3) is 0.471. The molecule has 1 aliphatic rings. The van der Waals surface area contributed by atoms with E-state index in [1.807, 2.05) is 37.3 Å². The molecule has 1 aliphatic carbocycles. The molecule has 6 nitrogen and oxygen atoms in total. The number of nitrogens with one attached hydrogen (secondary N) is 1. The van der Waals surface area contributed by atoms with Gasteiger partial charge < -0.3 is 5.11 Å². The number of aliphatic hydroxyl groups is 1. The Balaban J connectivity index is 1.91. The zero-order valence-electron chi connectivity index (χ0n) is 13.9. The summed E-state index contributed by atoms with van der Waals surface area (Å²) in [5.41, 5.74) is 1.59. The van der Waals surface area contributed by atoms with Crippen LogP contribution in [0.4, 0.5) is 0 Å². The first kappa shape index (κ1) is 17.1. The lowest BCUT2D eigenvalue weighted by molar-refractivity contribution is 0.0280. The summed E-state index contributed by atoms with van der Waals surface area (Å²) < 4.78 is 30.1. The van der Waals surface area contributed by atoms with Crippen LogP contribution in [0.3, 0.4) is 0 Å². The SMILES string of the molecule is CCn1nc(C)cc1S(=O)(=O)N[C@H](c1ccccc1)C1CC(O)C1. The van der Waals surface area contributed by atoms with Crippen LogP contribution < -0.4 is 4.72 Å². The predicted molar refractivity (Wildman–Crippen MR) is 90.9 cm³/mol. The topological polar surface area (TPSA) is 84.2 Å². The Morgan fingerprint density at radius 3 is 2.58 bits per heavy atom. The highest BCUT2D eigenvalue weighted by atomic mass is 32.2. The largest absolute Gasteiger partial charge is 0.393 e. The van der Waals surface area contributed by atoms with Crippen LogP contribution in [-0.4, -0.2) is 29.4 Å². The number of benzene rings is 1. The van der Waals surface area contributed by atoms with Gasteiger partial charge in [-0.2, -0.15) is 5.10 Å². The number of aromatic nitrogens is 2. The third-order valence-corrected chi connectivity index (χ3v) is 5.95. The zero-order valence-corrected chi connectivity index (χ0v) is 14.7. The molecule has 1 atom stereocenters. The molecule has 7 heteroatoms. The van der Waals surface area contributed by atoms with E-state index in [-0.39, 0.29) is 23.1 Å². The Labute approximate surface area is 142 Å². The molecule has 2 N–H and O–H groups in total. The van der Waals surface area contributed by atoms with E-state index in [1.165, 1.54) is 4.68 Å². The van der Waals surface area contributed by atoms with Crippen LogP contribution in [0, 0.1) is 12.8 Å². The number of nitrogens with zero attached hydrogens (tertiary/aromatic N) is 2. The van der Waals surface area contributed by atoms with Crippen LogP contribution in [0.25, 0.3) is 0 Å². The minimum atomic E-state index is -3.70. The summed E-state index contributed by atoms with van der Waals surface area (Å²) in [6.07, 6.45) is 0.872. The molecule has 1 aromatic carbocycles. The zero-order chi connectivity index (χ0) is 17.3. The van der Waals surface area contributed by atoms with Gasteiger partial charge in [0.25, 0.3) is 10.0 Å². The normalized spacial score (nSPS) is 22.1. The van der Waals surface area contributed by atoms with E-state index >= 15 is 0 Å². The van der Waals surface area contributed by atoms with Crippen LogP contribution in [0.15, 0.2) is 41.4 Å². The first-order chi connectivity index (χ1) is 11.4. The van der Waals surface area contributed by atoms with E-state index in [0.29, 0.717) is 25.1 Å². The van der Waals surface area contributed by atoms with E-state index in [1.54, 1.807) is 13.0 Å². The molecular weight excluding hydrogens is 326 g/mol. The number of aliphatic hydroxyl groups excluding tert-OH is 1. The van der Waals surface area contributed by atoms with Gasteiger partial charge in [0.1, 0.15) is 0 Å². The summed E-state index contributed by atoms with van der Waals surface area (Å²) in [4.78, 5) is 0. The summed E-state index contributed by atoms with van der Waals surface area (Å²) in [5.74, 6) is 0.0938. The standard InChI is InChI=1S/C17H23N3O3S/c1-3-20-16(9-12(2)18-20)24(22,23)19-17(14-10-15(21)11-14)13-7-5-4-6-8-13/h4-9,14-15,17,19,21H,3,10-11H2,1-2H3/t14?,15?,17-/m1/s1. The van der Waals surface area contributed by atoms with Crippen molar-refractivity contribution in [3.8, 4) is 0 Å². The Morgan fingerprint density at radius 1 is 1.33 bits per heavy atom. The number of rotatable bonds is 6. The lowest BCUT2D eigenvalue weighted by atomic mass is 9.75. The number of hydrogen-bond acceptors (Lipinski definition) is 4. The highest BCUT2D eigenvalue weighted by Gasteiger charge is 2.37. The average Bonchev–Trinajstić information content (AvgIpc) is 2.93. The van der Waals surface area contributed by atoms with Crippen molar-refractivity contribution in [3.05, 3.63) is 47.7 Å². The van der Waals surface area contributed by atoms with Crippen molar-refractivity contribution in [2.45, 2.75) is 50.4 Å². The van der Waals surface area contributed by atoms with E-state index in [2.05, 4.69) is 9.82 Å². The predicted octanol–water partition coefficient (Wildman–Crippen LogP) is 2.00. The first-order valence-electron chi connectivity index (χ1n) is 8.20. The average molecular weight is 349 g/mol. The summed E-state index contributed by atoms with van der Waals surface area (Å²) >= 11 is 0. The van der Waals surface area contributed by atoms with Gasteiger partial charge in [-0.25, -0.2) is 13.1 Å². The molecule has 0 radical (unpaired) electrons. The van der Waals surface area contributed by atoms with Crippen molar-refractivity contribution >= 4 is 10.0 Å². The first-order valence-corrected chi connectivity index (χ1v) is 9.69. The van der Waals surface area contributed by atoms with Crippen molar-refractivity contribution in [2.75, 3.05) is 0 Å². The maximum absolute atomic E-state index is 12.9. The van der Waals surface area contributed by atoms with Crippen molar-refractivity contribution in [3.63, 3.8) is 0 Å².